The molecule has 3 aliphatic heterocycles. The van der Waals surface area contributed by atoms with Crippen LogP contribution in [0.1, 0.15) is 82.4 Å². The summed E-state index contributed by atoms with van der Waals surface area (Å²) in [6.45, 7) is 8.50. The van der Waals surface area contributed by atoms with Gasteiger partial charge in [0.15, 0.2) is 5.84 Å². The number of amides is 1. The summed E-state index contributed by atoms with van der Waals surface area (Å²) < 4.78 is 51.3. The molecule has 4 aliphatic rings. The van der Waals surface area contributed by atoms with E-state index in [1.807, 2.05) is 11.8 Å². The highest BCUT2D eigenvalue weighted by Crippen LogP contribution is 2.51. The van der Waals surface area contributed by atoms with Gasteiger partial charge in [-0.25, -0.2) is 4.79 Å². The van der Waals surface area contributed by atoms with Crippen LogP contribution >= 0.6 is 11.6 Å². The van der Waals surface area contributed by atoms with Crippen molar-refractivity contribution in [3.05, 3.63) is 58.6 Å². The molecule has 0 spiro atoms. The first-order chi connectivity index (χ1) is 23.5. The van der Waals surface area contributed by atoms with E-state index in [1.165, 1.54) is 45.9 Å². The number of ether oxygens (including phenoxy) is 2. The number of alkyl halides is 3. The lowest BCUT2D eigenvalue weighted by Crippen LogP contribution is -2.45. The topological polar surface area (TPSA) is 83.9 Å². The van der Waals surface area contributed by atoms with Gasteiger partial charge in [-0.2, -0.15) is 18.2 Å². The Morgan fingerprint density at radius 2 is 1.65 bits per heavy atom. The predicted molar refractivity (Wildman–Crippen MR) is 181 cm³/mol. The van der Waals surface area contributed by atoms with E-state index < -0.39 is 23.7 Å². The SMILES string of the molecule is CCOc1cc(OC)ccc1C1=NC(C)(C2CCCC2)C(c2ccc(Cl)cc2)N1OC(=O)C(F)(F)F.O=CN1CCC(N2CCCC2)CC1. The molecule has 2 saturated heterocycles. The van der Waals surface area contributed by atoms with Crippen LogP contribution in [-0.2, 0) is 14.4 Å². The Kier molecular flexibility index (Phi) is 12.0. The molecule has 9 nitrogen and oxygen atoms in total. The molecule has 1 saturated carbocycles. The maximum atomic E-state index is 13.4. The van der Waals surface area contributed by atoms with Crippen LogP contribution in [0.5, 0.6) is 11.5 Å². The smallest absolute Gasteiger partial charge is 0.493 e. The van der Waals surface area contributed by atoms with Crippen LogP contribution in [-0.4, -0.2) is 90.7 Å². The maximum absolute atomic E-state index is 13.4. The number of rotatable bonds is 9. The van der Waals surface area contributed by atoms with E-state index in [2.05, 4.69) is 4.90 Å². The molecule has 49 heavy (non-hydrogen) atoms. The van der Waals surface area contributed by atoms with Gasteiger partial charge in [-0.3, -0.25) is 9.79 Å². The van der Waals surface area contributed by atoms with E-state index in [4.69, 9.17) is 30.9 Å². The number of benzene rings is 2. The minimum atomic E-state index is -5.19. The molecule has 0 aromatic heterocycles. The molecule has 2 atom stereocenters. The van der Waals surface area contributed by atoms with Crippen LogP contribution in [0.2, 0.25) is 5.02 Å². The number of carbonyl (C=O) groups is 2. The van der Waals surface area contributed by atoms with E-state index in [9.17, 15) is 22.8 Å². The van der Waals surface area contributed by atoms with Crippen molar-refractivity contribution in [2.75, 3.05) is 39.9 Å². The van der Waals surface area contributed by atoms with Crippen LogP contribution in [0.25, 0.3) is 0 Å². The summed E-state index contributed by atoms with van der Waals surface area (Å²) >= 11 is 6.10. The molecule has 1 aliphatic carbocycles. The van der Waals surface area contributed by atoms with Crippen molar-refractivity contribution in [2.24, 2.45) is 10.9 Å². The highest BCUT2D eigenvalue weighted by molar-refractivity contribution is 6.30. The van der Waals surface area contributed by atoms with Gasteiger partial charge in [-0.1, -0.05) is 36.6 Å². The first kappa shape index (κ1) is 36.8. The summed E-state index contributed by atoms with van der Waals surface area (Å²) in [6, 6.07) is 11.7. The summed E-state index contributed by atoms with van der Waals surface area (Å²) in [7, 11) is 1.50. The Bertz CT molecular complexity index is 1460. The number of methoxy groups -OCH3 is 1. The predicted octanol–water partition coefficient (Wildman–Crippen LogP) is 7.22. The minimum Gasteiger partial charge on any atom is -0.497 e. The van der Waals surface area contributed by atoms with Gasteiger partial charge in [-0.15, -0.1) is 0 Å². The van der Waals surface area contributed by atoms with E-state index in [1.54, 1.807) is 49.4 Å². The number of hydrogen-bond acceptors (Lipinski definition) is 8. The standard InChI is InChI=1S/C26H28ClF3N2O4.C10H18N2O/c1-4-35-21-15-19(34-3)13-14-20(21)23-31-25(2,17-7-5-6-8-17)22(16-9-11-18(27)12-10-16)32(23)36-24(33)26(28,29)30;13-9-11-7-3-10(4-8-11)12-5-1-2-6-12/h9-15,17,22H,4-8H2,1-3H3;9-10H,1-8H2. The Balaban J connectivity index is 0.000000299. The van der Waals surface area contributed by atoms with Crippen molar-refractivity contribution >= 4 is 29.8 Å². The summed E-state index contributed by atoms with van der Waals surface area (Å²) in [4.78, 5) is 37.3. The second-order valence-electron chi connectivity index (χ2n) is 13.2. The zero-order valence-electron chi connectivity index (χ0n) is 28.4. The molecule has 13 heteroatoms. The molecule has 2 unspecified atom stereocenters. The zero-order valence-corrected chi connectivity index (χ0v) is 29.1. The van der Waals surface area contributed by atoms with Gasteiger partial charge < -0.3 is 24.1 Å². The lowest BCUT2D eigenvalue weighted by molar-refractivity contribution is -0.231. The summed E-state index contributed by atoms with van der Waals surface area (Å²) in [5.41, 5.74) is 0.150. The molecule has 1 amide bonds. The van der Waals surface area contributed by atoms with Crippen molar-refractivity contribution < 1.29 is 37.1 Å². The zero-order chi connectivity index (χ0) is 35.2. The second-order valence-corrected chi connectivity index (χ2v) is 13.6. The van der Waals surface area contributed by atoms with Crippen LogP contribution < -0.4 is 9.47 Å². The number of hydroxylamine groups is 2. The summed E-state index contributed by atoms with van der Waals surface area (Å²) in [6.07, 6.45) is 4.60. The van der Waals surface area contributed by atoms with Crippen LogP contribution in [0.15, 0.2) is 47.5 Å². The van der Waals surface area contributed by atoms with E-state index >= 15 is 0 Å². The van der Waals surface area contributed by atoms with Crippen molar-refractivity contribution in [1.82, 2.24) is 14.9 Å². The number of halogens is 4. The molecular formula is C36H46ClF3N4O5. The number of carbonyl (C=O) groups excluding carboxylic acids is 2. The Morgan fingerprint density at radius 1 is 1.00 bits per heavy atom. The van der Waals surface area contributed by atoms with Gasteiger partial charge in [0.1, 0.15) is 17.5 Å². The maximum Gasteiger partial charge on any atom is 0.493 e. The minimum absolute atomic E-state index is 0.0663. The number of nitrogens with zero attached hydrogens (tertiary/aromatic N) is 4. The fourth-order valence-electron chi connectivity index (χ4n) is 7.61. The number of hydrogen-bond donors (Lipinski definition) is 0. The van der Waals surface area contributed by atoms with Crippen LogP contribution in [0.3, 0.4) is 0 Å². The normalized spacial score (nSPS) is 23.6. The van der Waals surface area contributed by atoms with Crippen LogP contribution in [0.4, 0.5) is 13.2 Å². The average Bonchev–Trinajstić information content (AvgIpc) is 3.88. The van der Waals surface area contributed by atoms with Gasteiger partial charge in [-0.05, 0) is 101 Å². The summed E-state index contributed by atoms with van der Waals surface area (Å²) in [5.74, 6) is -1.30. The number of likely N-dealkylation sites (tertiary alicyclic amines) is 2. The molecule has 0 N–H and O–H groups in total. The molecule has 2 aromatic carbocycles. The van der Waals surface area contributed by atoms with Crippen LogP contribution in [0, 0.1) is 5.92 Å². The van der Waals surface area contributed by atoms with E-state index in [0.717, 1.165) is 56.3 Å². The first-order valence-corrected chi connectivity index (χ1v) is 17.5. The second kappa shape index (κ2) is 16.0. The van der Waals surface area contributed by atoms with Crippen molar-refractivity contribution in [3.8, 4) is 11.5 Å². The fraction of sp³-hybridized carbons (Fsp3) is 0.583. The number of amidine groups is 1. The fourth-order valence-corrected chi connectivity index (χ4v) is 7.74. The Labute approximate surface area is 291 Å². The van der Waals surface area contributed by atoms with E-state index in [0.29, 0.717) is 34.3 Å². The quantitative estimate of drug-likeness (QED) is 0.255. The van der Waals surface area contributed by atoms with E-state index in [-0.39, 0.29) is 11.8 Å². The van der Waals surface area contributed by atoms with Crippen molar-refractivity contribution in [3.63, 3.8) is 0 Å². The third-order valence-corrected chi connectivity index (χ3v) is 10.4. The number of piperidine rings is 1. The molecular weight excluding hydrogens is 661 g/mol. The molecule has 268 valence electrons. The summed E-state index contributed by atoms with van der Waals surface area (Å²) in [5, 5.41) is 1.48. The first-order valence-electron chi connectivity index (χ1n) is 17.2. The molecule has 3 heterocycles. The van der Waals surface area contributed by atoms with Gasteiger partial charge in [0, 0.05) is 30.2 Å². The Hall–Kier alpha value is -3.51. The molecule has 0 radical (unpaired) electrons. The third-order valence-electron chi connectivity index (χ3n) is 10.2. The van der Waals surface area contributed by atoms with Crippen molar-refractivity contribution in [1.29, 1.82) is 0 Å². The largest absolute Gasteiger partial charge is 0.497 e. The Morgan fingerprint density at radius 3 is 2.22 bits per heavy atom. The third kappa shape index (κ3) is 8.45. The van der Waals surface area contributed by atoms with Crippen molar-refractivity contribution in [2.45, 2.75) is 89.0 Å². The lowest BCUT2D eigenvalue weighted by Gasteiger charge is -2.38. The average molecular weight is 707 g/mol. The molecule has 2 aromatic rings. The highest BCUT2D eigenvalue weighted by Gasteiger charge is 2.55. The van der Waals surface area contributed by atoms with Gasteiger partial charge in [0.05, 0.1) is 24.8 Å². The van der Waals surface area contributed by atoms with Gasteiger partial charge in [0.2, 0.25) is 6.41 Å². The van der Waals surface area contributed by atoms with Gasteiger partial charge in [0.25, 0.3) is 0 Å². The monoisotopic (exact) mass is 706 g/mol. The molecule has 6 rings (SSSR count). The highest BCUT2D eigenvalue weighted by atomic mass is 35.5. The molecule has 3 fully saturated rings. The lowest BCUT2D eigenvalue weighted by atomic mass is 9.77. The molecule has 0 bridgehead atoms. The van der Waals surface area contributed by atoms with Gasteiger partial charge >= 0.3 is 12.1 Å². The number of aliphatic imine (C=N–C) groups is 1.